The SMILES string of the molecule is CC(=O)c1cccc(NC(=O)c2csc(-c3ccc(C)n3C)n2)c1. The molecule has 3 rings (SSSR count). The first-order chi connectivity index (χ1) is 11.5. The zero-order chi connectivity index (χ0) is 17.3. The topological polar surface area (TPSA) is 64.0 Å². The average Bonchev–Trinajstić information content (AvgIpc) is 3.16. The summed E-state index contributed by atoms with van der Waals surface area (Å²) in [6.07, 6.45) is 0. The lowest BCUT2D eigenvalue weighted by Gasteiger charge is -2.04. The van der Waals surface area contributed by atoms with Gasteiger partial charge in [-0.05, 0) is 38.1 Å². The third-order valence-corrected chi connectivity index (χ3v) is 4.72. The van der Waals surface area contributed by atoms with Crippen LogP contribution in [0.15, 0.2) is 41.8 Å². The van der Waals surface area contributed by atoms with Crippen molar-refractivity contribution >= 4 is 28.7 Å². The summed E-state index contributed by atoms with van der Waals surface area (Å²) in [5, 5.41) is 5.32. The Morgan fingerprint density at radius 1 is 1.21 bits per heavy atom. The lowest BCUT2D eigenvalue weighted by atomic mass is 10.1. The van der Waals surface area contributed by atoms with E-state index in [4.69, 9.17) is 0 Å². The van der Waals surface area contributed by atoms with Crippen molar-refractivity contribution in [1.29, 1.82) is 0 Å². The summed E-state index contributed by atoms with van der Waals surface area (Å²) in [6.45, 7) is 3.52. The Hall–Kier alpha value is -2.73. The summed E-state index contributed by atoms with van der Waals surface area (Å²) in [5.41, 5.74) is 3.62. The summed E-state index contributed by atoms with van der Waals surface area (Å²) in [5.74, 6) is -0.328. The Bertz CT molecular complexity index is 924. The van der Waals surface area contributed by atoms with Crippen LogP contribution in [0.4, 0.5) is 5.69 Å². The zero-order valence-corrected chi connectivity index (χ0v) is 14.5. The Morgan fingerprint density at radius 2 is 2.00 bits per heavy atom. The first-order valence-corrected chi connectivity index (χ1v) is 8.34. The third kappa shape index (κ3) is 3.14. The predicted molar refractivity (Wildman–Crippen MR) is 95.7 cm³/mol. The fourth-order valence-electron chi connectivity index (χ4n) is 2.33. The number of ketones is 1. The van der Waals surface area contributed by atoms with Gasteiger partial charge in [0.15, 0.2) is 5.78 Å². The first-order valence-electron chi connectivity index (χ1n) is 7.46. The molecule has 2 aromatic heterocycles. The molecular weight excluding hydrogens is 322 g/mol. The molecule has 0 fully saturated rings. The van der Waals surface area contributed by atoms with Crippen LogP contribution in [0.1, 0.15) is 33.5 Å². The highest BCUT2D eigenvalue weighted by Gasteiger charge is 2.14. The minimum Gasteiger partial charge on any atom is -0.346 e. The number of carbonyl (C=O) groups excluding carboxylic acids is 2. The summed E-state index contributed by atoms with van der Waals surface area (Å²) >= 11 is 1.43. The minimum atomic E-state index is -0.288. The van der Waals surface area contributed by atoms with Gasteiger partial charge >= 0.3 is 0 Å². The standard InChI is InChI=1S/C18H17N3O2S/c1-11-7-8-16(21(11)3)18-20-15(10-24-18)17(23)19-14-6-4-5-13(9-14)12(2)22/h4-10H,1-3H3,(H,19,23). The summed E-state index contributed by atoms with van der Waals surface area (Å²) < 4.78 is 2.04. The van der Waals surface area contributed by atoms with Crippen LogP contribution in [0.5, 0.6) is 0 Å². The number of thiazole rings is 1. The maximum Gasteiger partial charge on any atom is 0.275 e. The van der Waals surface area contributed by atoms with Crippen LogP contribution in [0, 0.1) is 6.92 Å². The van der Waals surface area contributed by atoms with Crippen LogP contribution < -0.4 is 5.32 Å². The average molecular weight is 339 g/mol. The van der Waals surface area contributed by atoms with Gasteiger partial charge < -0.3 is 9.88 Å². The maximum atomic E-state index is 12.4. The number of hydrogen-bond acceptors (Lipinski definition) is 4. The van der Waals surface area contributed by atoms with Crippen molar-refractivity contribution in [1.82, 2.24) is 9.55 Å². The van der Waals surface area contributed by atoms with Gasteiger partial charge in [0.25, 0.3) is 5.91 Å². The van der Waals surface area contributed by atoms with E-state index in [1.54, 1.807) is 29.6 Å². The monoisotopic (exact) mass is 339 g/mol. The molecule has 24 heavy (non-hydrogen) atoms. The number of carbonyl (C=O) groups is 2. The van der Waals surface area contributed by atoms with Crippen molar-refractivity contribution < 1.29 is 9.59 Å². The molecule has 0 unspecified atom stereocenters. The van der Waals surface area contributed by atoms with Gasteiger partial charge in [0.05, 0.1) is 5.69 Å². The van der Waals surface area contributed by atoms with Crippen LogP contribution in [0.3, 0.4) is 0 Å². The molecule has 0 aliphatic rings. The molecule has 3 aromatic rings. The van der Waals surface area contributed by atoms with Gasteiger partial charge in [-0.2, -0.15) is 0 Å². The summed E-state index contributed by atoms with van der Waals surface area (Å²) in [6, 6.07) is 10.9. The van der Waals surface area contributed by atoms with Crippen LogP contribution in [-0.4, -0.2) is 21.2 Å². The molecule has 0 aliphatic carbocycles. The van der Waals surface area contributed by atoms with E-state index < -0.39 is 0 Å². The van der Waals surface area contributed by atoms with Gasteiger partial charge in [0, 0.05) is 29.4 Å². The Kier molecular flexibility index (Phi) is 4.31. The molecule has 0 aliphatic heterocycles. The van der Waals surface area contributed by atoms with Crippen molar-refractivity contribution in [2.45, 2.75) is 13.8 Å². The van der Waals surface area contributed by atoms with Crippen LogP contribution in [0.25, 0.3) is 10.7 Å². The zero-order valence-electron chi connectivity index (χ0n) is 13.7. The molecule has 0 atom stereocenters. The smallest absolute Gasteiger partial charge is 0.275 e. The second kappa shape index (κ2) is 6.41. The highest BCUT2D eigenvalue weighted by Crippen LogP contribution is 2.25. The van der Waals surface area contributed by atoms with Crippen LogP contribution in [0.2, 0.25) is 0 Å². The van der Waals surface area contributed by atoms with E-state index >= 15 is 0 Å². The normalized spacial score (nSPS) is 10.6. The molecule has 0 spiro atoms. The van der Waals surface area contributed by atoms with Crippen molar-refractivity contribution in [3.8, 4) is 10.7 Å². The Balaban J connectivity index is 1.80. The first kappa shape index (κ1) is 16.1. The third-order valence-electron chi connectivity index (χ3n) is 3.86. The van der Waals surface area contributed by atoms with Crippen LogP contribution >= 0.6 is 11.3 Å². The number of nitrogens with zero attached hydrogens (tertiary/aromatic N) is 2. The summed E-state index contributed by atoms with van der Waals surface area (Å²) in [7, 11) is 1.97. The van der Waals surface area contributed by atoms with Gasteiger partial charge in [-0.3, -0.25) is 9.59 Å². The highest BCUT2D eigenvalue weighted by atomic mass is 32.1. The van der Waals surface area contributed by atoms with Gasteiger partial charge in [-0.1, -0.05) is 12.1 Å². The Labute approximate surface area is 144 Å². The number of benzene rings is 1. The molecule has 0 radical (unpaired) electrons. The number of aryl methyl sites for hydroxylation is 1. The molecule has 5 nitrogen and oxygen atoms in total. The number of rotatable bonds is 4. The predicted octanol–water partition coefficient (Wildman–Crippen LogP) is 3.91. The molecule has 122 valence electrons. The fraction of sp³-hybridized carbons (Fsp3) is 0.167. The molecule has 0 saturated carbocycles. The molecule has 1 amide bonds. The number of Topliss-reactive ketones (excluding diaryl/α,β-unsaturated/α-hetero) is 1. The minimum absolute atomic E-state index is 0.0406. The number of aromatic nitrogens is 2. The second-order valence-electron chi connectivity index (χ2n) is 5.55. The molecule has 0 saturated heterocycles. The van der Waals surface area contributed by atoms with E-state index in [1.807, 2.05) is 30.7 Å². The van der Waals surface area contributed by atoms with Gasteiger partial charge in [0.2, 0.25) is 0 Å². The molecule has 0 bridgehead atoms. The van der Waals surface area contributed by atoms with Gasteiger partial charge in [-0.25, -0.2) is 4.98 Å². The lowest BCUT2D eigenvalue weighted by molar-refractivity contribution is 0.100. The number of nitrogens with one attached hydrogen (secondary N) is 1. The van der Waals surface area contributed by atoms with Crippen molar-refractivity contribution in [3.05, 3.63) is 58.7 Å². The molecular formula is C18H17N3O2S. The quantitative estimate of drug-likeness (QED) is 0.733. The fourth-order valence-corrected chi connectivity index (χ4v) is 3.19. The lowest BCUT2D eigenvalue weighted by Crippen LogP contribution is -2.12. The van der Waals surface area contributed by atoms with Crippen molar-refractivity contribution in [2.24, 2.45) is 7.05 Å². The van der Waals surface area contributed by atoms with Crippen molar-refractivity contribution in [2.75, 3.05) is 5.32 Å². The maximum absolute atomic E-state index is 12.4. The number of amides is 1. The largest absolute Gasteiger partial charge is 0.346 e. The van der Waals surface area contributed by atoms with E-state index in [0.29, 0.717) is 16.9 Å². The number of anilines is 1. The van der Waals surface area contributed by atoms with Crippen LogP contribution in [-0.2, 0) is 7.05 Å². The van der Waals surface area contributed by atoms with Gasteiger partial charge in [-0.15, -0.1) is 11.3 Å². The Morgan fingerprint density at radius 3 is 2.67 bits per heavy atom. The van der Waals surface area contributed by atoms with E-state index in [-0.39, 0.29) is 11.7 Å². The number of hydrogen-bond donors (Lipinski definition) is 1. The second-order valence-corrected chi connectivity index (χ2v) is 6.41. The molecule has 1 N–H and O–H groups in total. The molecule has 2 heterocycles. The van der Waals surface area contributed by atoms with E-state index in [0.717, 1.165) is 16.4 Å². The highest BCUT2D eigenvalue weighted by molar-refractivity contribution is 7.13. The van der Waals surface area contributed by atoms with E-state index in [1.165, 1.54) is 18.3 Å². The van der Waals surface area contributed by atoms with E-state index in [9.17, 15) is 9.59 Å². The summed E-state index contributed by atoms with van der Waals surface area (Å²) in [4.78, 5) is 28.2. The van der Waals surface area contributed by atoms with Crippen molar-refractivity contribution in [3.63, 3.8) is 0 Å². The molecule has 6 heteroatoms. The van der Waals surface area contributed by atoms with E-state index in [2.05, 4.69) is 10.3 Å². The molecule has 1 aromatic carbocycles. The van der Waals surface area contributed by atoms with Gasteiger partial charge in [0.1, 0.15) is 10.7 Å².